The van der Waals surface area contributed by atoms with Crippen molar-refractivity contribution in [3.05, 3.63) is 60.4 Å². The lowest BCUT2D eigenvalue weighted by Gasteiger charge is -2.37. The molecule has 0 spiro atoms. The molecule has 4 rings (SSSR count). The highest BCUT2D eigenvalue weighted by Gasteiger charge is 2.36. The predicted molar refractivity (Wildman–Crippen MR) is 80.4 cm³/mol. The minimum absolute atomic E-state index is 0.0289. The normalized spacial score (nSPS) is 14.5. The molecule has 1 amide bonds. The van der Waals surface area contributed by atoms with Crippen molar-refractivity contribution in [2.45, 2.75) is 5.92 Å². The second-order valence-corrected chi connectivity index (χ2v) is 5.32. The third kappa shape index (κ3) is 2.57. The first-order chi connectivity index (χ1) is 11.3. The highest BCUT2D eigenvalue weighted by molar-refractivity contribution is 5.94. The molecule has 1 saturated heterocycles. The highest BCUT2D eigenvalue weighted by Crippen LogP contribution is 2.28. The molecule has 1 aliphatic heterocycles. The van der Waals surface area contributed by atoms with Crippen LogP contribution in [0, 0.1) is 0 Å². The van der Waals surface area contributed by atoms with Crippen molar-refractivity contribution < 1.29 is 9.32 Å². The summed E-state index contributed by atoms with van der Waals surface area (Å²) in [5.41, 5.74) is 1.26. The summed E-state index contributed by atoms with van der Waals surface area (Å²) in [6.07, 6.45) is 4.90. The van der Waals surface area contributed by atoms with Crippen LogP contribution in [0.2, 0.25) is 0 Å². The van der Waals surface area contributed by atoms with Crippen LogP contribution < -0.4 is 0 Å². The van der Waals surface area contributed by atoms with E-state index < -0.39 is 0 Å². The number of carbonyl (C=O) groups excluding carboxylic acids is 1. The van der Waals surface area contributed by atoms with Gasteiger partial charge in [0.1, 0.15) is 5.69 Å². The summed E-state index contributed by atoms with van der Waals surface area (Å²) in [5.74, 6) is 1.05. The molecular formula is C16H13N5O2. The molecule has 3 aromatic heterocycles. The van der Waals surface area contributed by atoms with Gasteiger partial charge in [0.15, 0.2) is 0 Å². The van der Waals surface area contributed by atoms with E-state index in [-0.39, 0.29) is 11.8 Å². The molecule has 0 aliphatic carbocycles. The zero-order valence-electron chi connectivity index (χ0n) is 12.2. The van der Waals surface area contributed by atoms with Gasteiger partial charge in [-0.15, -0.1) is 0 Å². The predicted octanol–water partition coefficient (Wildman–Crippen LogP) is 1.77. The first kappa shape index (κ1) is 13.6. The van der Waals surface area contributed by atoms with E-state index in [9.17, 15) is 4.79 Å². The molecule has 0 N–H and O–H groups in total. The van der Waals surface area contributed by atoms with E-state index in [4.69, 9.17) is 4.52 Å². The lowest BCUT2D eigenvalue weighted by molar-refractivity contribution is 0.0569. The summed E-state index contributed by atoms with van der Waals surface area (Å²) in [6.45, 7) is 1.13. The van der Waals surface area contributed by atoms with Gasteiger partial charge in [-0.2, -0.15) is 4.98 Å². The zero-order valence-corrected chi connectivity index (χ0v) is 12.2. The number of nitrogens with zero attached hydrogens (tertiary/aromatic N) is 5. The molecule has 23 heavy (non-hydrogen) atoms. The molecule has 0 bridgehead atoms. The van der Waals surface area contributed by atoms with Gasteiger partial charge in [0.05, 0.1) is 11.5 Å². The second kappa shape index (κ2) is 5.60. The molecule has 1 fully saturated rings. The molecule has 0 aromatic carbocycles. The van der Waals surface area contributed by atoms with Crippen LogP contribution in [0.3, 0.4) is 0 Å². The highest BCUT2D eigenvalue weighted by atomic mass is 16.5. The van der Waals surface area contributed by atoms with Gasteiger partial charge in [-0.1, -0.05) is 11.2 Å². The number of carbonyl (C=O) groups is 1. The number of pyridine rings is 2. The number of rotatable bonds is 3. The van der Waals surface area contributed by atoms with E-state index in [1.807, 2.05) is 18.2 Å². The average Bonchev–Trinajstić information content (AvgIpc) is 3.05. The largest absolute Gasteiger partial charge is 0.338 e. The smallest absolute Gasteiger partial charge is 0.255 e. The maximum absolute atomic E-state index is 12.2. The lowest BCUT2D eigenvalue weighted by atomic mass is 9.99. The maximum Gasteiger partial charge on any atom is 0.255 e. The number of likely N-dealkylation sites (tertiary alicyclic amines) is 1. The van der Waals surface area contributed by atoms with Crippen LogP contribution in [-0.2, 0) is 0 Å². The number of hydrogen-bond acceptors (Lipinski definition) is 6. The first-order valence-corrected chi connectivity index (χ1v) is 7.25. The number of aromatic nitrogens is 4. The Kier molecular flexibility index (Phi) is 3.30. The van der Waals surface area contributed by atoms with Crippen LogP contribution in [0.4, 0.5) is 0 Å². The Labute approximate surface area is 132 Å². The minimum atomic E-state index is -0.0289. The Morgan fingerprint density at radius 1 is 1.17 bits per heavy atom. The minimum Gasteiger partial charge on any atom is -0.338 e. The van der Waals surface area contributed by atoms with Crippen molar-refractivity contribution in [3.8, 4) is 11.5 Å². The molecule has 114 valence electrons. The summed E-state index contributed by atoms with van der Waals surface area (Å²) in [7, 11) is 0. The molecule has 0 saturated carbocycles. The lowest BCUT2D eigenvalue weighted by Crippen LogP contribution is -2.48. The molecule has 0 unspecified atom stereocenters. The van der Waals surface area contributed by atoms with Gasteiger partial charge in [0, 0.05) is 31.7 Å². The van der Waals surface area contributed by atoms with Crippen molar-refractivity contribution in [2.24, 2.45) is 0 Å². The van der Waals surface area contributed by atoms with Crippen molar-refractivity contribution in [2.75, 3.05) is 13.1 Å². The summed E-state index contributed by atoms with van der Waals surface area (Å²) < 4.78 is 5.31. The Hall–Kier alpha value is -3.09. The molecular weight excluding hydrogens is 294 g/mol. The third-order valence-corrected chi connectivity index (χ3v) is 3.76. The summed E-state index contributed by atoms with van der Waals surface area (Å²) >= 11 is 0. The van der Waals surface area contributed by atoms with Crippen molar-refractivity contribution in [3.63, 3.8) is 0 Å². The van der Waals surface area contributed by atoms with Crippen LogP contribution in [-0.4, -0.2) is 44.0 Å². The Morgan fingerprint density at radius 2 is 2.09 bits per heavy atom. The van der Waals surface area contributed by atoms with Crippen LogP contribution in [0.15, 0.2) is 53.4 Å². The van der Waals surface area contributed by atoms with Crippen molar-refractivity contribution in [1.29, 1.82) is 0 Å². The Bertz CT molecular complexity index is 813. The van der Waals surface area contributed by atoms with Crippen molar-refractivity contribution >= 4 is 5.91 Å². The van der Waals surface area contributed by atoms with Gasteiger partial charge < -0.3 is 9.42 Å². The van der Waals surface area contributed by atoms with Gasteiger partial charge in [0.2, 0.25) is 11.7 Å². The maximum atomic E-state index is 12.2. The average molecular weight is 307 g/mol. The fourth-order valence-electron chi connectivity index (χ4n) is 2.47. The molecule has 7 heteroatoms. The number of amides is 1. The van der Waals surface area contributed by atoms with Gasteiger partial charge in [-0.25, -0.2) is 0 Å². The van der Waals surface area contributed by atoms with E-state index in [1.165, 1.54) is 0 Å². The van der Waals surface area contributed by atoms with Crippen LogP contribution in [0.1, 0.15) is 22.2 Å². The Morgan fingerprint density at radius 3 is 2.83 bits per heavy atom. The zero-order chi connectivity index (χ0) is 15.6. The van der Waals surface area contributed by atoms with Crippen LogP contribution in [0.5, 0.6) is 0 Å². The standard InChI is InChI=1S/C16H13N5O2/c22-16(11-4-3-6-17-8-11)21-9-12(10-21)15-19-14(20-23-15)13-5-1-2-7-18-13/h1-8,12H,9-10H2. The quantitative estimate of drug-likeness (QED) is 0.733. The fraction of sp³-hybridized carbons (Fsp3) is 0.188. The van der Waals surface area contributed by atoms with Gasteiger partial charge in [-0.05, 0) is 24.3 Å². The SMILES string of the molecule is O=C(c1cccnc1)N1CC(c2nc(-c3ccccn3)no2)C1. The van der Waals surface area contributed by atoms with Crippen LogP contribution >= 0.6 is 0 Å². The summed E-state index contributed by atoms with van der Waals surface area (Å²) in [6, 6.07) is 9.04. The number of hydrogen-bond donors (Lipinski definition) is 0. The molecule has 1 aliphatic rings. The van der Waals surface area contributed by atoms with E-state index >= 15 is 0 Å². The Balaban J connectivity index is 1.43. The van der Waals surface area contributed by atoms with E-state index in [2.05, 4.69) is 20.1 Å². The van der Waals surface area contributed by atoms with Crippen LogP contribution in [0.25, 0.3) is 11.5 Å². The first-order valence-electron chi connectivity index (χ1n) is 7.25. The molecule has 7 nitrogen and oxygen atoms in total. The fourth-order valence-corrected chi connectivity index (χ4v) is 2.47. The van der Waals surface area contributed by atoms with Gasteiger partial charge in [0.25, 0.3) is 5.91 Å². The molecule has 4 heterocycles. The molecule has 3 aromatic rings. The third-order valence-electron chi connectivity index (χ3n) is 3.76. The van der Waals surface area contributed by atoms with E-state index in [0.717, 1.165) is 0 Å². The van der Waals surface area contributed by atoms with Gasteiger partial charge >= 0.3 is 0 Å². The van der Waals surface area contributed by atoms with Crippen molar-refractivity contribution in [1.82, 2.24) is 25.0 Å². The second-order valence-electron chi connectivity index (χ2n) is 5.32. The molecule has 0 radical (unpaired) electrons. The van der Waals surface area contributed by atoms with E-state index in [1.54, 1.807) is 35.6 Å². The van der Waals surface area contributed by atoms with Gasteiger partial charge in [-0.3, -0.25) is 14.8 Å². The summed E-state index contributed by atoms with van der Waals surface area (Å²) in [4.78, 5) is 26.5. The topological polar surface area (TPSA) is 85.0 Å². The summed E-state index contributed by atoms with van der Waals surface area (Å²) in [5, 5.41) is 3.96. The van der Waals surface area contributed by atoms with E-state index in [0.29, 0.717) is 36.1 Å². The molecule has 0 atom stereocenters. The monoisotopic (exact) mass is 307 g/mol.